The highest BCUT2D eigenvalue weighted by atomic mass is 15.1. The van der Waals surface area contributed by atoms with Gasteiger partial charge in [0, 0.05) is 19.5 Å². The summed E-state index contributed by atoms with van der Waals surface area (Å²) in [5.41, 5.74) is 2.72. The first-order chi connectivity index (χ1) is 7.61. The van der Waals surface area contributed by atoms with E-state index in [4.69, 9.17) is 5.26 Å². The number of aryl methyl sites for hydroxylation is 1. The third-order valence-corrected chi connectivity index (χ3v) is 2.50. The quantitative estimate of drug-likeness (QED) is 0.727. The molecule has 0 bridgehead atoms. The number of pyridine rings is 1. The number of anilines is 1. The first kappa shape index (κ1) is 10.4. The summed E-state index contributed by atoms with van der Waals surface area (Å²) in [5.74, 6) is 0.723. The van der Waals surface area contributed by atoms with Crippen molar-refractivity contribution in [2.24, 2.45) is 0 Å². The van der Waals surface area contributed by atoms with Gasteiger partial charge in [0.15, 0.2) is 0 Å². The molecule has 2 rings (SSSR count). The van der Waals surface area contributed by atoms with Crippen LogP contribution in [0.3, 0.4) is 0 Å². The minimum atomic E-state index is 0.612. The molecule has 0 spiro atoms. The first-order valence-electron chi connectivity index (χ1n) is 5.10. The molecule has 0 unspecified atom stereocenters. The molecule has 16 heavy (non-hydrogen) atoms. The van der Waals surface area contributed by atoms with Crippen LogP contribution in [0.4, 0.5) is 5.82 Å². The maximum atomic E-state index is 9.06. The molecular formula is C13H13N3. The van der Waals surface area contributed by atoms with Gasteiger partial charge in [0.1, 0.15) is 11.9 Å². The number of aromatic nitrogens is 1. The lowest BCUT2D eigenvalue weighted by Crippen LogP contribution is -2.12. The molecule has 0 N–H and O–H groups in total. The van der Waals surface area contributed by atoms with E-state index in [0.717, 1.165) is 16.7 Å². The molecule has 1 heterocycles. The van der Waals surface area contributed by atoms with Gasteiger partial charge in [0.25, 0.3) is 0 Å². The molecule has 0 fully saturated rings. The molecular weight excluding hydrogens is 198 g/mol. The van der Waals surface area contributed by atoms with Gasteiger partial charge < -0.3 is 4.90 Å². The van der Waals surface area contributed by atoms with E-state index >= 15 is 0 Å². The van der Waals surface area contributed by atoms with Gasteiger partial charge in [-0.25, -0.2) is 4.98 Å². The number of rotatable bonds is 1. The number of nitriles is 1. The monoisotopic (exact) mass is 211 g/mol. The fourth-order valence-electron chi connectivity index (χ4n) is 1.69. The van der Waals surface area contributed by atoms with Crippen molar-refractivity contribution in [3.8, 4) is 6.07 Å². The molecule has 0 saturated heterocycles. The number of fused-ring (bicyclic) bond motifs is 1. The Balaban J connectivity index is 2.77. The summed E-state index contributed by atoms with van der Waals surface area (Å²) in [6.07, 6.45) is 0. The second kappa shape index (κ2) is 3.82. The number of benzene rings is 1. The van der Waals surface area contributed by atoms with Crippen LogP contribution in [-0.2, 0) is 0 Å². The predicted octanol–water partition coefficient (Wildman–Crippen LogP) is 2.48. The minimum absolute atomic E-state index is 0.612. The van der Waals surface area contributed by atoms with Crippen molar-refractivity contribution in [3.63, 3.8) is 0 Å². The van der Waals surface area contributed by atoms with E-state index in [2.05, 4.69) is 11.1 Å². The van der Waals surface area contributed by atoms with Gasteiger partial charge in [0.2, 0.25) is 0 Å². The average Bonchev–Trinajstić information content (AvgIpc) is 2.27. The Hall–Kier alpha value is -2.08. The van der Waals surface area contributed by atoms with Crippen molar-refractivity contribution in [1.82, 2.24) is 4.98 Å². The largest absolute Gasteiger partial charge is 0.362 e. The molecule has 0 amide bonds. The summed E-state index contributed by atoms with van der Waals surface area (Å²) in [6.45, 7) is 2.04. The molecule has 0 atom stereocenters. The predicted molar refractivity (Wildman–Crippen MR) is 65.5 cm³/mol. The maximum absolute atomic E-state index is 9.06. The second-order valence-corrected chi connectivity index (χ2v) is 4.06. The topological polar surface area (TPSA) is 39.9 Å². The molecule has 0 aliphatic carbocycles. The fourth-order valence-corrected chi connectivity index (χ4v) is 1.69. The molecule has 0 aliphatic rings. The van der Waals surface area contributed by atoms with Crippen molar-refractivity contribution in [1.29, 1.82) is 5.26 Å². The summed E-state index contributed by atoms with van der Waals surface area (Å²) >= 11 is 0. The van der Waals surface area contributed by atoms with Crippen LogP contribution in [0.5, 0.6) is 0 Å². The van der Waals surface area contributed by atoms with E-state index in [-0.39, 0.29) is 0 Å². The van der Waals surface area contributed by atoms with Gasteiger partial charge in [-0.2, -0.15) is 5.26 Å². The normalized spacial score (nSPS) is 10.1. The SMILES string of the molecule is Cc1ccc2cc(C#N)c(N(C)C)nc2c1. The zero-order valence-corrected chi connectivity index (χ0v) is 9.65. The molecule has 0 radical (unpaired) electrons. The Morgan fingerprint density at radius 2 is 2.00 bits per heavy atom. The van der Waals surface area contributed by atoms with Crippen LogP contribution in [0.25, 0.3) is 10.9 Å². The van der Waals surface area contributed by atoms with Gasteiger partial charge >= 0.3 is 0 Å². The molecule has 2 aromatic rings. The average molecular weight is 211 g/mol. The van der Waals surface area contributed by atoms with Crippen LogP contribution in [0.1, 0.15) is 11.1 Å². The van der Waals surface area contributed by atoms with Crippen molar-refractivity contribution in [2.45, 2.75) is 6.92 Å². The fraction of sp³-hybridized carbons (Fsp3) is 0.231. The van der Waals surface area contributed by atoms with E-state index in [1.165, 1.54) is 5.56 Å². The number of hydrogen-bond acceptors (Lipinski definition) is 3. The smallest absolute Gasteiger partial charge is 0.146 e. The lowest BCUT2D eigenvalue weighted by Gasteiger charge is -2.13. The molecule has 3 heteroatoms. The molecule has 0 aliphatic heterocycles. The van der Waals surface area contributed by atoms with Gasteiger partial charge in [-0.15, -0.1) is 0 Å². The Labute approximate surface area is 94.9 Å². The van der Waals surface area contributed by atoms with Gasteiger partial charge in [0.05, 0.1) is 11.1 Å². The Morgan fingerprint density at radius 3 is 2.62 bits per heavy atom. The highest BCUT2D eigenvalue weighted by molar-refractivity contribution is 5.83. The highest BCUT2D eigenvalue weighted by Gasteiger charge is 2.08. The summed E-state index contributed by atoms with van der Waals surface area (Å²) < 4.78 is 0. The molecule has 1 aromatic heterocycles. The van der Waals surface area contributed by atoms with Crippen LogP contribution in [0, 0.1) is 18.3 Å². The zero-order valence-electron chi connectivity index (χ0n) is 9.65. The first-order valence-corrected chi connectivity index (χ1v) is 5.10. The third kappa shape index (κ3) is 1.70. The van der Waals surface area contributed by atoms with Crippen molar-refractivity contribution >= 4 is 16.7 Å². The molecule has 80 valence electrons. The summed E-state index contributed by atoms with van der Waals surface area (Å²) in [7, 11) is 3.79. The number of hydrogen-bond donors (Lipinski definition) is 0. The Kier molecular flexibility index (Phi) is 2.49. The van der Waals surface area contributed by atoms with E-state index in [9.17, 15) is 0 Å². The van der Waals surface area contributed by atoms with Crippen LogP contribution < -0.4 is 4.90 Å². The summed E-state index contributed by atoms with van der Waals surface area (Å²) in [5, 5.41) is 10.1. The highest BCUT2D eigenvalue weighted by Crippen LogP contribution is 2.22. The van der Waals surface area contributed by atoms with Gasteiger partial charge in [-0.3, -0.25) is 0 Å². The van der Waals surface area contributed by atoms with E-state index in [0.29, 0.717) is 5.56 Å². The Bertz CT molecular complexity index is 579. The van der Waals surface area contributed by atoms with E-state index in [1.807, 2.05) is 50.2 Å². The maximum Gasteiger partial charge on any atom is 0.146 e. The number of nitrogens with zero attached hydrogens (tertiary/aromatic N) is 3. The van der Waals surface area contributed by atoms with Crippen molar-refractivity contribution < 1.29 is 0 Å². The minimum Gasteiger partial charge on any atom is -0.362 e. The van der Waals surface area contributed by atoms with Gasteiger partial charge in [-0.1, -0.05) is 12.1 Å². The van der Waals surface area contributed by atoms with Crippen molar-refractivity contribution in [3.05, 3.63) is 35.4 Å². The standard InChI is InChI=1S/C13H13N3/c1-9-4-5-10-7-11(8-14)13(16(2)3)15-12(10)6-9/h4-7H,1-3H3. The van der Waals surface area contributed by atoms with Crippen molar-refractivity contribution in [2.75, 3.05) is 19.0 Å². The van der Waals surface area contributed by atoms with Crippen LogP contribution in [0.2, 0.25) is 0 Å². The zero-order chi connectivity index (χ0) is 11.7. The molecule has 1 aromatic carbocycles. The van der Waals surface area contributed by atoms with Gasteiger partial charge in [-0.05, 0) is 24.6 Å². The van der Waals surface area contributed by atoms with Crippen LogP contribution >= 0.6 is 0 Å². The summed E-state index contributed by atoms with van der Waals surface area (Å²) in [6, 6.07) is 10.1. The molecule has 0 saturated carbocycles. The van der Waals surface area contributed by atoms with Crippen LogP contribution in [0.15, 0.2) is 24.3 Å². The molecule has 3 nitrogen and oxygen atoms in total. The summed E-state index contributed by atoms with van der Waals surface area (Å²) in [4.78, 5) is 6.37. The second-order valence-electron chi connectivity index (χ2n) is 4.06. The lowest BCUT2D eigenvalue weighted by molar-refractivity contribution is 1.07. The van der Waals surface area contributed by atoms with Crippen LogP contribution in [-0.4, -0.2) is 19.1 Å². The van der Waals surface area contributed by atoms with E-state index in [1.54, 1.807) is 0 Å². The Morgan fingerprint density at radius 1 is 1.25 bits per heavy atom. The third-order valence-electron chi connectivity index (χ3n) is 2.50. The van der Waals surface area contributed by atoms with E-state index < -0.39 is 0 Å². The lowest BCUT2D eigenvalue weighted by atomic mass is 10.1.